The third kappa shape index (κ3) is 6.55. The lowest BCUT2D eigenvalue weighted by Crippen LogP contribution is -2.31. The predicted octanol–water partition coefficient (Wildman–Crippen LogP) is 3.07. The fourth-order valence-corrected chi connectivity index (χ4v) is 4.20. The van der Waals surface area contributed by atoms with Crippen LogP contribution in [0.1, 0.15) is 55.5 Å². The van der Waals surface area contributed by atoms with E-state index in [1.54, 1.807) is 13.0 Å². The summed E-state index contributed by atoms with van der Waals surface area (Å²) < 4.78 is 70.1. The van der Waals surface area contributed by atoms with Gasteiger partial charge in [0.1, 0.15) is 11.9 Å². The number of rotatable bonds is 9. The number of halogens is 3. The summed E-state index contributed by atoms with van der Waals surface area (Å²) in [7, 11) is -2.17. The second kappa shape index (κ2) is 10.1. The van der Waals surface area contributed by atoms with Gasteiger partial charge in [-0.25, -0.2) is 8.42 Å². The van der Waals surface area contributed by atoms with Gasteiger partial charge in [0.25, 0.3) is 0 Å². The number of anilines is 1. The van der Waals surface area contributed by atoms with Crippen LogP contribution in [-0.4, -0.2) is 43.7 Å². The zero-order chi connectivity index (χ0) is 25.1. The molecule has 1 atom stereocenters. The molecule has 1 saturated carbocycles. The highest BCUT2D eigenvalue weighted by molar-refractivity contribution is 7.92. The molecule has 1 fully saturated rings. The van der Waals surface area contributed by atoms with Gasteiger partial charge in [0.2, 0.25) is 15.9 Å². The van der Waals surface area contributed by atoms with Crippen LogP contribution in [-0.2, 0) is 27.5 Å². The maximum Gasteiger partial charge on any atom is 0.435 e. The number of hydrogen-bond donors (Lipinski definition) is 2. The van der Waals surface area contributed by atoms with E-state index in [9.17, 15) is 26.4 Å². The molecule has 2 aromatic rings. The number of aromatic nitrogens is 2. The van der Waals surface area contributed by atoms with E-state index in [0.29, 0.717) is 5.56 Å². The Morgan fingerprint density at radius 3 is 2.53 bits per heavy atom. The number of amides is 1. The summed E-state index contributed by atoms with van der Waals surface area (Å²) in [6.45, 7) is 1.39. The van der Waals surface area contributed by atoms with Gasteiger partial charge in [-0.15, -0.1) is 9.94 Å². The number of ether oxygens (including phenoxy) is 1. The van der Waals surface area contributed by atoms with Gasteiger partial charge in [0, 0.05) is 0 Å². The fourth-order valence-electron chi connectivity index (χ4n) is 3.63. The van der Waals surface area contributed by atoms with Crippen molar-refractivity contribution < 1.29 is 36.0 Å². The smallest absolute Gasteiger partial charge is 0.435 e. The van der Waals surface area contributed by atoms with Crippen molar-refractivity contribution in [2.24, 2.45) is 0 Å². The zero-order valence-corrected chi connectivity index (χ0v) is 19.8. The molecule has 0 bridgehead atoms. The maximum atomic E-state index is 13.2. The number of sulfonamides is 1. The van der Waals surface area contributed by atoms with Crippen LogP contribution in [0.4, 0.5) is 18.9 Å². The largest absolute Gasteiger partial charge is 0.495 e. The molecule has 3 rings (SSSR count). The summed E-state index contributed by atoms with van der Waals surface area (Å²) in [6, 6.07) is 5.41. The van der Waals surface area contributed by atoms with Crippen molar-refractivity contribution in [3.63, 3.8) is 0 Å². The Hall–Kier alpha value is -2.96. The molecule has 1 aliphatic rings. The van der Waals surface area contributed by atoms with Crippen LogP contribution in [0.15, 0.2) is 24.3 Å². The Morgan fingerprint density at radius 1 is 1.26 bits per heavy atom. The van der Waals surface area contributed by atoms with Crippen LogP contribution in [0, 0.1) is 0 Å². The third-order valence-corrected chi connectivity index (χ3v) is 6.04. The number of carbonyl (C=O) groups is 1. The van der Waals surface area contributed by atoms with Crippen molar-refractivity contribution in [2.75, 3.05) is 18.1 Å². The minimum atomic E-state index is -4.64. The van der Waals surface area contributed by atoms with E-state index in [1.807, 2.05) is 0 Å². The van der Waals surface area contributed by atoms with E-state index in [0.717, 1.165) is 42.9 Å². The van der Waals surface area contributed by atoms with Crippen molar-refractivity contribution in [2.45, 2.75) is 57.3 Å². The van der Waals surface area contributed by atoms with E-state index in [-0.39, 0.29) is 29.8 Å². The molecular formula is C21H27F3N4O5S. The summed E-state index contributed by atoms with van der Waals surface area (Å²) >= 11 is 0. The monoisotopic (exact) mass is 504 g/mol. The molecule has 9 nitrogen and oxygen atoms in total. The number of hydrogen-bond acceptors (Lipinski definition) is 6. The van der Waals surface area contributed by atoms with Crippen molar-refractivity contribution in [3.05, 3.63) is 41.2 Å². The molecule has 13 heteroatoms. The molecule has 1 heterocycles. The molecule has 1 aromatic carbocycles. The first-order valence-corrected chi connectivity index (χ1v) is 12.5. The summed E-state index contributed by atoms with van der Waals surface area (Å²) in [5, 5.41) is 6.15. The van der Waals surface area contributed by atoms with E-state index in [4.69, 9.17) is 9.57 Å². The van der Waals surface area contributed by atoms with Gasteiger partial charge in [-0.05, 0) is 56.4 Å². The van der Waals surface area contributed by atoms with Crippen LogP contribution < -0.4 is 19.6 Å². The second-order valence-corrected chi connectivity index (χ2v) is 9.93. The summed E-state index contributed by atoms with van der Waals surface area (Å²) in [4.78, 5) is 19.2. The Labute approximate surface area is 195 Å². The average molecular weight is 505 g/mol. The first-order chi connectivity index (χ1) is 15.9. The van der Waals surface area contributed by atoms with E-state index in [1.165, 1.54) is 19.2 Å². The van der Waals surface area contributed by atoms with Gasteiger partial charge in [0.15, 0.2) is 5.69 Å². The van der Waals surface area contributed by atoms with Gasteiger partial charge in [-0.1, -0.05) is 6.07 Å². The first kappa shape index (κ1) is 25.7. The summed E-state index contributed by atoms with van der Waals surface area (Å²) in [5.74, 6) is -0.927. The quantitative estimate of drug-likeness (QED) is 0.543. The summed E-state index contributed by atoms with van der Waals surface area (Å²) in [6.07, 6.45) is -0.531. The number of nitrogens with zero attached hydrogens (tertiary/aromatic N) is 2. The molecule has 1 unspecified atom stereocenters. The molecule has 188 valence electrons. The molecule has 0 aliphatic heterocycles. The number of benzene rings is 1. The lowest BCUT2D eigenvalue weighted by molar-refractivity contribution is -0.143. The molecule has 0 saturated heterocycles. The van der Waals surface area contributed by atoms with Gasteiger partial charge in [0.05, 0.1) is 37.2 Å². The van der Waals surface area contributed by atoms with E-state index in [2.05, 4.69) is 15.1 Å². The van der Waals surface area contributed by atoms with Gasteiger partial charge in [-0.2, -0.15) is 13.2 Å². The number of carbonyl (C=O) groups excluding carboxylic acids is 1. The number of methoxy groups -OCH3 is 1. The highest BCUT2D eigenvalue weighted by Gasteiger charge is 2.36. The minimum Gasteiger partial charge on any atom is -0.495 e. The third-order valence-electron chi connectivity index (χ3n) is 5.45. The average Bonchev–Trinajstić information content (AvgIpc) is 3.41. The van der Waals surface area contributed by atoms with Crippen LogP contribution >= 0.6 is 0 Å². The fraction of sp³-hybridized carbons (Fsp3) is 0.524. The van der Waals surface area contributed by atoms with E-state index < -0.39 is 33.7 Å². The van der Waals surface area contributed by atoms with Crippen LogP contribution in [0.5, 0.6) is 5.75 Å². The van der Waals surface area contributed by atoms with Crippen LogP contribution in [0.25, 0.3) is 0 Å². The van der Waals surface area contributed by atoms with Crippen LogP contribution in [0.3, 0.4) is 0 Å². The molecule has 34 heavy (non-hydrogen) atoms. The number of nitrogens with one attached hydrogen (secondary N) is 2. The Kier molecular flexibility index (Phi) is 7.64. The predicted molar refractivity (Wildman–Crippen MR) is 118 cm³/mol. The highest BCUT2D eigenvalue weighted by atomic mass is 32.2. The zero-order valence-electron chi connectivity index (χ0n) is 19.0. The van der Waals surface area contributed by atoms with Crippen molar-refractivity contribution >= 4 is 21.6 Å². The molecule has 1 amide bonds. The van der Waals surface area contributed by atoms with Crippen molar-refractivity contribution in [1.29, 1.82) is 0 Å². The Balaban J connectivity index is 1.72. The second-order valence-electron chi connectivity index (χ2n) is 8.18. The first-order valence-electron chi connectivity index (χ1n) is 10.6. The Morgan fingerprint density at radius 2 is 1.94 bits per heavy atom. The number of alkyl halides is 3. The van der Waals surface area contributed by atoms with E-state index >= 15 is 0 Å². The molecular weight excluding hydrogens is 477 g/mol. The van der Waals surface area contributed by atoms with Gasteiger partial charge < -0.3 is 14.9 Å². The maximum absolute atomic E-state index is 13.2. The van der Waals surface area contributed by atoms with Gasteiger partial charge in [-0.3, -0.25) is 9.52 Å². The van der Waals surface area contributed by atoms with Crippen molar-refractivity contribution in [1.82, 2.24) is 15.3 Å². The molecule has 0 radical (unpaired) electrons. The SMILES string of the molecule is COc1cc(C(C)C(=O)NCc2cc(C(F)(F)F)nn2OC2CCCC2)ccc1NS(C)(=O)=O. The van der Waals surface area contributed by atoms with Crippen LogP contribution in [0.2, 0.25) is 0 Å². The van der Waals surface area contributed by atoms with Gasteiger partial charge >= 0.3 is 6.18 Å². The standard InChI is InChI=1S/C21H27F3N4O5S/c1-13(14-8-9-17(18(10-14)32-2)27-34(3,30)31)20(29)25-12-15-11-19(21(22,23)24)26-28(15)33-16-6-4-5-7-16/h8-11,13,16,27H,4-7,12H2,1-3H3,(H,25,29). The lowest BCUT2D eigenvalue weighted by Gasteiger charge is -2.17. The molecule has 0 spiro atoms. The highest BCUT2D eigenvalue weighted by Crippen LogP contribution is 2.31. The summed E-state index contributed by atoms with van der Waals surface area (Å²) in [5.41, 5.74) is -0.277. The Bertz CT molecular complexity index is 1130. The topological polar surface area (TPSA) is 112 Å². The minimum absolute atomic E-state index is 0.0741. The van der Waals surface area contributed by atoms with Crippen molar-refractivity contribution in [3.8, 4) is 5.75 Å². The molecule has 1 aliphatic carbocycles. The molecule has 2 N–H and O–H groups in total. The molecule has 1 aromatic heterocycles. The lowest BCUT2D eigenvalue weighted by atomic mass is 9.99. The normalized spacial score (nSPS) is 15.7.